The molecule has 5 rings (SSSR count). The first-order chi connectivity index (χ1) is 16.4. The molecule has 0 fully saturated rings. The molecule has 6 nitrogen and oxygen atoms in total. The second kappa shape index (κ2) is 8.70. The standard InChI is InChI=1S/C26H22N2O4S2/c1-14(2)15-6-8-16(9-7-15)22-21(23(29)19-5-4-12-33-19)24(30)25(31)28(22)26-27-18-11-10-17(32-3)13-20(18)34-26/h4-14,22,30H,1-3H3/t22-/m0/s1. The van der Waals surface area contributed by atoms with Gasteiger partial charge >= 0.3 is 0 Å². The smallest absolute Gasteiger partial charge is 0.296 e. The SMILES string of the molecule is COc1ccc2nc(N3C(=O)C(O)=C(C(=O)c4cccs4)[C@@H]3c3ccc(C(C)C)cc3)sc2c1. The number of thiazole rings is 1. The zero-order valence-electron chi connectivity index (χ0n) is 18.8. The monoisotopic (exact) mass is 490 g/mol. The molecule has 0 saturated heterocycles. The Morgan fingerprint density at radius 3 is 2.56 bits per heavy atom. The number of hydrogen-bond acceptors (Lipinski definition) is 7. The lowest BCUT2D eigenvalue weighted by atomic mass is 9.93. The average molecular weight is 491 g/mol. The Bertz CT molecular complexity index is 1420. The highest BCUT2D eigenvalue weighted by Gasteiger charge is 2.46. The number of aliphatic hydroxyl groups excluding tert-OH is 1. The van der Waals surface area contributed by atoms with Crippen LogP contribution in [0.25, 0.3) is 10.2 Å². The van der Waals surface area contributed by atoms with Crippen molar-refractivity contribution in [2.24, 2.45) is 0 Å². The number of nitrogens with zero attached hydrogens (tertiary/aromatic N) is 2. The van der Waals surface area contributed by atoms with Crippen LogP contribution in [0.3, 0.4) is 0 Å². The third kappa shape index (κ3) is 3.69. The first-order valence-corrected chi connectivity index (χ1v) is 12.5. The molecule has 3 heterocycles. The topological polar surface area (TPSA) is 79.7 Å². The number of methoxy groups -OCH3 is 1. The normalized spacial score (nSPS) is 16.2. The van der Waals surface area contributed by atoms with Crippen molar-refractivity contribution in [3.63, 3.8) is 0 Å². The number of ketones is 1. The number of thiophene rings is 1. The van der Waals surface area contributed by atoms with Gasteiger partial charge in [-0.25, -0.2) is 4.98 Å². The summed E-state index contributed by atoms with van der Waals surface area (Å²) in [5.74, 6) is -0.502. The third-order valence-electron chi connectivity index (χ3n) is 5.91. The Labute approximate surface area is 204 Å². The Kier molecular flexibility index (Phi) is 5.71. The highest BCUT2D eigenvalue weighted by molar-refractivity contribution is 7.22. The van der Waals surface area contributed by atoms with E-state index in [2.05, 4.69) is 18.8 Å². The van der Waals surface area contributed by atoms with E-state index in [0.29, 0.717) is 27.2 Å². The van der Waals surface area contributed by atoms with Crippen LogP contribution in [0.15, 0.2) is 71.3 Å². The number of fused-ring (bicyclic) bond motifs is 1. The molecule has 0 unspecified atom stereocenters. The Morgan fingerprint density at radius 1 is 1.15 bits per heavy atom. The Hall–Kier alpha value is -3.49. The summed E-state index contributed by atoms with van der Waals surface area (Å²) in [4.78, 5) is 33.3. The summed E-state index contributed by atoms with van der Waals surface area (Å²) in [5, 5.41) is 13.1. The van der Waals surface area contributed by atoms with Gasteiger partial charge in [0.25, 0.3) is 5.91 Å². The summed E-state index contributed by atoms with van der Waals surface area (Å²) in [6.07, 6.45) is 0. The van der Waals surface area contributed by atoms with Gasteiger partial charge in [-0.3, -0.25) is 14.5 Å². The van der Waals surface area contributed by atoms with Gasteiger partial charge in [0, 0.05) is 0 Å². The molecule has 0 aliphatic carbocycles. The van der Waals surface area contributed by atoms with Crippen LogP contribution in [0.4, 0.5) is 5.13 Å². The van der Waals surface area contributed by atoms with E-state index in [1.54, 1.807) is 30.7 Å². The van der Waals surface area contributed by atoms with Gasteiger partial charge in [-0.2, -0.15) is 0 Å². The van der Waals surface area contributed by atoms with E-state index in [9.17, 15) is 14.7 Å². The van der Waals surface area contributed by atoms with Crippen molar-refractivity contribution in [1.82, 2.24) is 4.98 Å². The molecule has 172 valence electrons. The van der Waals surface area contributed by atoms with Crippen molar-refractivity contribution in [3.8, 4) is 5.75 Å². The zero-order chi connectivity index (χ0) is 24.0. The molecule has 8 heteroatoms. The van der Waals surface area contributed by atoms with Gasteiger partial charge in [0.1, 0.15) is 5.75 Å². The van der Waals surface area contributed by atoms with Crippen molar-refractivity contribution in [2.75, 3.05) is 12.0 Å². The van der Waals surface area contributed by atoms with Gasteiger partial charge in [-0.15, -0.1) is 11.3 Å². The summed E-state index contributed by atoms with van der Waals surface area (Å²) in [6, 6.07) is 16.0. The molecule has 2 aromatic carbocycles. The molecule has 0 saturated carbocycles. The maximum Gasteiger partial charge on any atom is 0.296 e. The molecule has 4 aromatic rings. The number of aliphatic hydroxyl groups is 1. The van der Waals surface area contributed by atoms with Crippen molar-refractivity contribution < 1.29 is 19.4 Å². The van der Waals surface area contributed by atoms with E-state index in [1.807, 2.05) is 36.4 Å². The summed E-state index contributed by atoms with van der Waals surface area (Å²) >= 11 is 2.59. The third-order valence-corrected chi connectivity index (χ3v) is 7.79. The number of Topliss-reactive ketones (excluding diaryl/α,β-unsaturated/α-hetero) is 1. The van der Waals surface area contributed by atoms with Crippen LogP contribution in [0.5, 0.6) is 5.75 Å². The number of amides is 1. The number of anilines is 1. The quantitative estimate of drug-likeness (QED) is 0.322. The number of ether oxygens (including phenoxy) is 1. The van der Waals surface area contributed by atoms with Gasteiger partial charge in [-0.05, 0) is 46.7 Å². The molecule has 0 radical (unpaired) electrons. The van der Waals surface area contributed by atoms with E-state index >= 15 is 0 Å². The number of carbonyl (C=O) groups excluding carboxylic acids is 2. The van der Waals surface area contributed by atoms with Gasteiger partial charge in [0.15, 0.2) is 10.9 Å². The maximum atomic E-state index is 13.4. The van der Waals surface area contributed by atoms with Crippen LogP contribution >= 0.6 is 22.7 Å². The molecule has 1 amide bonds. The minimum Gasteiger partial charge on any atom is -0.503 e. The van der Waals surface area contributed by atoms with Crippen LogP contribution < -0.4 is 9.64 Å². The van der Waals surface area contributed by atoms with E-state index in [0.717, 1.165) is 15.8 Å². The first kappa shape index (κ1) is 22.3. The Balaban J connectivity index is 1.66. The summed E-state index contributed by atoms with van der Waals surface area (Å²) in [7, 11) is 1.59. The first-order valence-electron chi connectivity index (χ1n) is 10.8. The molecule has 2 aromatic heterocycles. The largest absolute Gasteiger partial charge is 0.503 e. The fourth-order valence-electron chi connectivity index (χ4n) is 4.08. The van der Waals surface area contributed by atoms with Crippen molar-refractivity contribution >= 4 is 49.7 Å². The van der Waals surface area contributed by atoms with Crippen LogP contribution in [0.1, 0.15) is 46.6 Å². The summed E-state index contributed by atoms with van der Waals surface area (Å²) in [5.41, 5.74) is 2.66. The van der Waals surface area contributed by atoms with Gasteiger partial charge in [0.2, 0.25) is 5.78 Å². The fourth-order valence-corrected chi connectivity index (χ4v) is 5.77. The van der Waals surface area contributed by atoms with Gasteiger partial charge in [0.05, 0.1) is 33.8 Å². The molecule has 34 heavy (non-hydrogen) atoms. The molecular formula is C26H22N2O4S2. The average Bonchev–Trinajstić information content (AvgIpc) is 3.57. The number of hydrogen-bond donors (Lipinski definition) is 1. The molecule has 1 aliphatic heterocycles. The summed E-state index contributed by atoms with van der Waals surface area (Å²) < 4.78 is 6.15. The molecule has 0 bridgehead atoms. The van der Waals surface area contributed by atoms with E-state index in [1.165, 1.54) is 27.6 Å². The number of carbonyl (C=O) groups is 2. The lowest BCUT2D eigenvalue weighted by Crippen LogP contribution is -2.30. The fraction of sp³-hybridized carbons (Fsp3) is 0.192. The lowest BCUT2D eigenvalue weighted by Gasteiger charge is -2.24. The predicted octanol–water partition coefficient (Wildman–Crippen LogP) is 6.27. The Morgan fingerprint density at radius 2 is 1.91 bits per heavy atom. The molecule has 1 atom stereocenters. The van der Waals surface area contributed by atoms with Crippen molar-refractivity contribution in [1.29, 1.82) is 0 Å². The highest BCUT2D eigenvalue weighted by Crippen LogP contribution is 2.45. The van der Waals surface area contributed by atoms with Gasteiger partial charge < -0.3 is 9.84 Å². The van der Waals surface area contributed by atoms with Crippen molar-refractivity contribution in [3.05, 3.63) is 87.3 Å². The molecule has 1 aliphatic rings. The second-order valence-corrected chi connectivity index (χ2v) is 10.3. The second-order valence-electron chi connectivity index (χ2n) is 8.30. The predicted molar refractivity (Wildman–Crippen MR) is 135 cm³/mol. The molecule has 1 N–H and O–H groups in total. The maximum absolute atomic E-state index is 13.4. The van der Waals surface area contributed by atoms with E-state index < -0.39 is 17.7 Å². The number of rotatable bonds is 6. The highest BCUT2D eigenvalue weighted by atomic mass is 32.1. The van der Waals surface area contributed by atoms with Gasteiger partial charge in [-0.1, -0.05) is 55.5 Å². The minimum absolute atomic E-state index is 0.0709. The van der Waals surface area contributed by atoms with Crippen LogP contribution in [-0.2, 0) is 4.79 Å². The van der Waals surface area contributed by atoms with Crippen LogP contribution in [0.2, 0.25) is 0 Å². The minimum atomic E-state index is -0.786. The van der Waals surface area contributed by atoms with Crippen LogP contribution in [0, 0.1) is 0 Å². The lowest BCUT2D eigenvalue weighted by molar-refractivity contribution is -0.117. The zero-order valence-corrected chi connectivity index (χ0v) is 20.4. The van der Waals surface area contributed by atoms with E-state index in [-0.39, 0.29) is 11.4 Å². The molecular weight excluding hydrogens is 468 g/mol. The summed E-state index contributed by atoms with van der Waals surface area (Å²) in [6.45, 7) is 4.21. The molecule has 0 spiro atoms. The van der Waals surface area contributed by atoms with E-state index in [4.69, 9.17) is 4.74 Å². The number of aromatic nitrogens is 1. The van der Waals surface area contributed by atoms with Crippen LogP contribution in [-0.4, -0.2) is 28.9 Å². The number of benzene rings is 2. The van der Waals surface area contributed by atoms with Crippen molar-refractivity contribution in [2.45, 2.75) is 25.8 Å².